The number of piperidine rings is 1. The van der Waals surface area contributed by atoms with Crippen LogP contribution in [0.2, 0.25) is 5.02 Å². The fourth-order valence-corrected chi connectivity index (χ4v) is 2.80. The van der Waals surface area contributed by atoms with E-state index in [1.54, 1.807) is 12.1 Å². The van der Waals surface area contributed by atoms with Gasteiger partial charge in [-0.05, 0) is 44.0 Å². The Hall–Kier alpha value is -1.59. The lowest BCUT2D eigenvalue weighted by Crippen LogP contribution is -2.42. The number of anilines is 1. The fourth-order valence-electron chi connectivity index (χ4n) is 2.52. The Labute approximate surface area is 128 Å². The summed E-state index contributed by atoms with van der Waals surface area (Å²) in [6.07, 6.45) is 1.48. The zero-order chi connectivity index (χ0) is 15.4. The summed E-state index contributed by atoms with van der Waals surface area (Å²) in [4.78, 5) is 24.9. The molecular weight excluding hydrogens is 292 g/mol. The maximum absolute atomic E-state index is 12.0. The highest BCUT2D eigenvalue weighted by Gasteiger charge is 2.26. The third-order valence-electron chi connectivity index (χ3n) is 3.62. The number of nitrogens with one attached hydrogen (secondary N) is 1. The van der Waals surface area contributed by atoms with Crippen LogP contribution >= 0.6 is 11.6 Å². The van der Waals surface area contributed by atoms with Crippen molar-refractivity contribution in [2.45, 2.75) is 19.8 Å². The highest BCUT2D eigenvalue weighted by Crippen LogP contribution is 2.23. The van der Waals surface area contributed by atoms with Gasteiger partial charge in [-0.25, -0.2) is 0 Å². The zero-order valence-corrected chi connectivity index (χ0v) is 12.7. The van der Waals surface area contributed by atoms with Crippen LogP contribution in [0.3, 0.4) is 0 Å². The van der Waals surface area contributed by atoms with Crippen LogP contribution in [0.4, 0.5) is 5.69 Å². The van der Waals surface area contributed by atoms with E-state index in [0.29, 0.717) is 23.7 Å². The number of carboxylic acid groups (broad SMARTS) is 1. The Kier molecular flexibility index (Phi) is 5.20. The minimum atomic E-state index is -0.790. The molecule has 5 nitrogen and oxygen atoms in total. The molecule has 0 aliphatic carbocycles. The third-order valence-corrected chi connectivity index (χ3v) is 3.93. The molecule has 1 aromatic rings. The molecule has 2 N–H and O–H groups in total. The van der Waals surface area contributed by atoms with Gasteiger partial charge < -0.3 is 10.4 Å². The van der Waals surface area contributed by atoms with E-state index in [0.717, 1.165) is 18.5 Å². The zero-order valence-electron chi connectivity index (χ0n) is 11.9. The largest absolute Gasteiger partial charge is 0.481 e. The molecule has 6 heteroatoms. The lowest BCUT2D eigenvalue weighted by Gasteiger charge is -2.29. The minimum absolute atomic E-state index is 0.174. The summed E-state index contributed by atoms with van der Waals surface area (Å²) >= 11 is 6.08. The quantitative estimate of drug-likeness (QED) is 0.896. The highest BCUT2D eigenvalue weighted by molar-refractivity contribution is 6.33. The van der Waals surface area contributed by atoms with E-state index in [-0.39, 0.29) is 18.4 Å². The summed E-state index contributed by atoms with van der Waals surface area (Å²) in [7, 11) is 0. The molecule has 1 unspecified atom stereocenters. The number of aryl methyl sites for hydroxylation is 1. The molecule has 1 fully saturated rings. The smallest absolute Gasteiger partial charge is 0.307 e. The van der Waals surface area contributed by atoms with Crippen molar-refractivity contribution in [3.8, 4) is 0 Å². The average molecular weight is 311 g/mol. The van der Waals surface area contributed by atoms with Gasteiger partial charge in [0.25, 0.3) is 0 Å². The number of halogens is 1. The lowest BCUT2D eigenvalue weighted by atomic mass is 9.98. The van der Waals surface area contributed by atoms with Gasteiger partial charge in [0.05, 0.1) is 23.2 Å². The van der Waals surface area contributed by atoms with Gasteiger partial charge in [0, 0.05) is 6.54 Å². The maximum Gasteiger partial charge on any atom is 0.307 e. The molecule has 1 aliphatic heterocycles. The van der Waals surface area contributed by atoms with Crippen LogP contribution in [-0.2, 0) is 9.59 Å². The van der Waals surface area contributed by atoms with Crippen LogP contribution < -0.4 is 5.32 Å². The fraction of sp³-hybridized carbons (Fsp3) is 0.467. The Morgan fingerprint density at radius 3 is 2.90 bits per heavy atom. The second-order valence-corrected chi connectivity index (χ2v) is 5.85. The van der Waals surface area contributed by atoms with Crippen LogP contribution in [0.15, 0.2) is 18.2 Å². The Morgan fingerprint density at radius 1 is 1.48 bits per heavy atom. The number of benzene rings is 1. The molecule has 0 radical (unpaired) electrons. The summed E-state index contributed by atoms with van der Waals surface area (Å²) < 4.78 is 0. The second kappa shape index (κ2) is 6.91. The van der Waals surface area contributed by atoms with Gasteiger partial charge in [0.15, 0.2) is 0 Å². The van der Waals surface area contributed by atoms with Crippen molar-refractivity contribution in [2.75, 3.05) is 25.0 Å². The third kappa shape index (κ3) is 4.44. The van der Waals surface area contributed by atoms with Crippen molar-refractivity contribution in [1.29, 1.82) is 0 Å². The van der Waals surface area contributed by atoms with Crippen LogP contribution in [0, 0.1) is 12.8 Å². The van der Waals surface area contributed by atoms with Crippen molar-refractivity contribution in [3.05, 3.63) is 28.8 Å². The predicted octanol–water partition coefficient (Wildman–Crippen LogP) is 2.38. The molecular formula is C15H19ClN2O3. The van der Waals surface area contributed by atoms with Crippen LogP contribution in [0.5, 0.6) is 0 Å². The van der Waals surface area contributed by atoms with Crippen molar-refractivity contribution < 1.29 is 14.7 Å². The molecule has 1 heterocycles. The Balaban J connectivity index is 1.91. The number of hydrogen-bond acceptors (Lipinski definition) is 3. The number of amides is 1. The first kappa shape index (κ1) is 15.8. The number of carbonyl (C=O) groups is 2. The van der Waals surface area contributed by atoms with Crippen molar-refractivity contribution in [3.63, 3.8) is 0 Å². The molecule has 0 bridgehead atoms. The van der Waals surface area contributed by atoms with Gasteiger partial charge in [-0.2, -0.15) is 0 Å². The van der Waals surface area contributed by atoms with Crippen molar-refractivity contribution in [2.24, 2.45) is 5.92 Å². The first-order valence-corrected chi connectivity index (χ1v) is 7.34. The van der Waals surface area contributed by atoms with Gasteiger partial charge in [-0.1, -0.05) is 17.7 Å². The summed E-state index contributed by atoms with van der Waals surface area (Å²) in [5.74, 6) is -1.34. The van der Waals surface area contributed by atoms with E-state index < -0.39 is 5.97 Å². The van der Waals surface area contributed by atoms with Crippen LogP contribution in [0.25, 0.3) is 0 Å². The molecule has 21 heavy (non-hydrogen) atoms. The molecule has 1 aliphatic rings. The molecule has 114 valence electrons. The first-order valence-electron chi connectivity index (χ1n) is 6.97. The van der Waals surface area contributed by atoms with E-state index in [9.17, 15) is 9.59 Å². The second-order valence-electron chi connectivity index (χ2n) is 5.44. The van der Waals surface area contributed by atoms with E-state index in [4.69, 9.17) is 16.7 Å². The molecule has 1 atom stereocenters. The first-order chi connectivity index (χ1) is 9.95. The van der Waals surface area contributed by atoms with Gasteiger partial charge in [-0.15, -0.1) is 0 Å². The molecule has 1 amide bonds. The topological polar surface area (TPSA) is 69.6 Å². The van der Waals surface area contributed by atoms with E-state index in [1.165, 1.54) is 0 Å². The average Bonchev–Trinajstić information content (AvgIpc) is 2.42. The molecule has 0 saturated carbocycles. The van der Waals surface area contributed by atoms with E-state index >= 15 is 0 Å². The molecule has 0 spiro atoms. The van der Waals surface area contributed by atoms with E-state index in [2.05, 4.69) is 5.32 Å². The number of carboxylic acids is 1. The molecule has 1 aromatic carbocycles. The summed E-state index contributed by atoms with van der Waals surface area (Å²) in [5.41, 5.74) is 1.61. The van der Waals surface area contributed by atoms with Gasteiger partial charge in [0.1, 0.15) is 0 Å². The summed E-state index contributed by atoms with van der Waals surface area (Å²) in [6.45, 7) is 3.29. The highest BCUT2D eigenvalue weighted by atomic mass is 35.5. The van der Waals surface area contributed by atoms with Crippen LogP contribution in [-0.4, -0.2) is 41.5 Å². The predicted molar refractivity (Wildman–Crippen MR) is 81.6 cm³/mol. The Bertz CT molecular complexity index is 548. The van der Waals surface area contributed by atoms with E-state index in [1.807, 2.05) is 17.9 Å². The number of rotatable bonds is 4. The molecule has 1 saturated heterocycles. The summed E-state index contributed by atoms with van der Waals surface area (Å²) in [5, 5.41) is 12.3. The number of aliphatic carboxylic acids is 1. The lowest BCUT2D eigenvalue weighted by molar-refractivity contribution is -0.144. The number of hydrogen-bond donors (Lipinski definition) is 2. The standard InChI is InChI=1S/C15H19ClN2O3/c1-10-4-5-13(12(16)7-10)17-14(19)9-18-6-2-3-11(8-18)15(20)21/h4-5,7,11H,2-3,6,8-9H2,1H3,(H,17,19)(H,20,21). The van der Waals surface area contributed by atoms with Gasteiger partial charge >= 0.3 is 5.97 Å². The monoisotopic (exact) mass is 310 g/mol. The number of carbonyl (C=O) groups excluding carboxylic acids is 1. The maximum atomic E-state index is 12.0. The summed E-state index contributed by atoms with van der Waals surface area (Å²) in [6, 6.07) is 5.44. The van der Waals surface area contributed by atoms with Crippen LogP contribution in [0.1, 0.15) is 18.4 Å². The molecule has 0 aromatic heterocycles. The Morgan fingerprint density at radius 2 is 2.24 bits per heavy atom. The normalized spacial score (nSPS) is 19.2. The van der Waals surface area contributed by atoms with Crippen molar-refractivity contribution in [1.82, 2.24) is 4.90 Å². The SMILES string of the molecule is Cc1ccc(NC(=O)CN2CCCC(C(=O)O)C2)c(Cl)c1. The number of likely N-dealkylation sites (tertiary alicyclic amines) is 1. The van der Waals surface area contributed by atoms with Gasteiger partial charge in [-0.3, -0.25) is 14.5 Å². The van der Waals surface area contributed by atoms with Gasteiger partial charge in [0.2, 0.25) is 5.91 Å². The molecule has 2 rings (SSSR count). The van der Waals surface area contributed by atoms with Crippen molar-refractivity contribution >= 4 is 29.2 Å². The number of nitrogens with zero attached hydrogens (tertiary/aromatic N) is 1. The minimum Gasteiger partial charge on any atom is -0.481 e.